The summed E-state index contributed by atoms with van der Waals surface area (Å²) in [7, 11) is 0. The largest absolute Gasteiger partial charge is 0.298 e. The van der Waals surface area contributed by atoms with E-state index in [1.54, 1.807) is 6.08 Å². The Labute approximate surface area is 139 Å². The second-order valence-corrected chi connectivity index (χ2v) is 6.00. The first-order valence-electron chi connectivity index (χ1n) is 7.27. The van der Waals surface area contributed by atoms with Crippen molar-refractivity contribution in [2.24, 2.45) is 0 Å². The summed E-state index contributed by atoms with van der Waals surface area (Å²) in [4.78, 5) is 16.4. The van der Waals surface area contributed by atoms with Crippen LogP contribution in [0.1, 0.15) is 11.1 Å². The number of benzene rings is 2. The Morgan fingerprint density at radius 3 is 2.57 bits per heavy atom. The van der Waals surface area contributed by atoms with Crippen LogP contribution in [0.4, 0.5) is 5.13 Å². The van der Waals surface area contributed by atoms with Crippen LogP contribution in [-0.4, -0.2) is 10.9 Å². The van der Waals surface area contributed by atoms with Gasteiger partial charge < -0.3 is 0 Å². The average Bonchev–Trinajstić information content (AvgIpc) is 3.03. The molecule has 0 aliphatic carbocycles. The van der Waals surface area contributed by atoms with Gasteiger partial charge >= 0.3 is 0 Å². The summed E-state index contributed by atoms with van der Waals surface area (Å²) in [5.41, 5.74) is 4.12. The van der Waals surface area contributed by atoms with Gasteiger partial charge in [-0.05, 0) is 18.6 Å². The van der Waals surface area contributed by atoms with Gasteiger partial charge in [-0.25, -0.2) is 4.98 Å². The Balaban J connectivity index is 1.66. The van der Waals surface area contributed by atoms with Crippen LogP contribution in [-0.2, 0) is 4.79 Å². The van der Waals surface area contributed by atoms with Gasteiger partial charge in [0.05, 0.1) is 5.69 Å². The molecule has 0 spiro atoms. The monoisotopic (exact) mass is 320 g/mol. The number of carbonyl (C=O) groups excluding carboxylic acids is 1. The van der Waals surface area contributed by atoms with E-state index in [1.807, 2.05) is 47.8 Å². The molecule has 4 heteroatoms. The molecule has 0 fully saturated rings. The Bertz CT molecular complexity index is 820. The highest BCUT2D eigenvalue weighted by Crippen LogP contribution is 2.25. The Hall–Kier alpha value is -2.72. The van der Waals surface area contributed by atoms with Crippen LogP contribution in [0.5, 0.6) is 0 Å². The Morgan fingerprint density at radius 2 is 1.83 bits per heavy atom. The number of hydrogen-bond donors (Lipinski definition) is 1. The molecule has 1 aromatic heterocycles. The lowest BCUT2D eigenvalue weighted by molar-refractivity contribution is -0.111. The standard InChI is InChI=1S/C19H16N2OS/c1-14-7-10-16(11-8-14)17-13-23-19(20-17)21-18(22)12-9-15-5-3-2-4-6-15/h2-13H,1H3,(H,20,21,22)/b12-9+. The first-order valence-corrected chi connectivity index (χ1v) is 8.15. The molecule has 1 N–H and O–H groups in total. The summed E-state index contributed by atoms with van der Waals surface area (Å²) in [6.07, 6.45) is 3.30. The van der Waals surface area contributed by atoms with Crippen LogP contribution in [0.15, 0.2) is 66.1 Å². The van der Waals surface area contributed by atoms with E-state index in [0.29, 0.717) is 5.13 Å². The SMILES string of the molecule is Cc1ccc(-c2csc(NC(=O)/C=C/c3ccccc3)n2)cc1. The summed E-state index contributed by atoms with van der Waals surface area (Å²) in [6, 6.07) is 17.9. The highest BCUT2D eigenvalue weighted by atomic mass is 32.1. The van der Waals surface area contributed by atoms with E-state index in [0.717, 1.165) is 16.8 Å². The minimum atomic E-state index is -0.182. The molecule has 23 heavy (non-hydrogen) atoms. The fourth-order valence-corrected chi connectivity index (χ4v) is 2.79. The maximum absolute atomic E-state index is 11.9. The highest BCUT2D eigenvalue weighted by molar-refractivity contribution is 7.14. The predicted octanol–water partition coefficient (Wildman–Crippen LogP) is 4.77. The fraction of sp³-hybridized carbons (Fsp3) is 0.0526. The zero-order chi connectivity index (χ0) is 16.1. The van der Waals surface area contributed by atoms with Gasteiger partial charge in [0.1, 0.15) is 0 Å². The maximum atomic E-state index is 11.9. The van der Waals surface area contributed by atoms with Crippen LogP contribution in [0.2, 0.25) is 0 Å². The minimum Gasteiger partial charge on any atom is -0.298 e. The Kier molecular flexibility index (Phi) is 4.64. The number of aryl methyl sites for hydroxylation is 1. The smallest absolute Gasteiger partial charge is 0.250 e. The van der Waals surface area contributed by atoms with Crippen LogP contribution in [0, 0.1) is 6.92 Å². The molecule has 0 aliphatic heterocycles. The molecule has 0 saturated carbocycles. The van der Waals surface area contributed by atoms with Gasteiger partial charge in [0.15, 0.2) is 5.13 Å². The van der Waals surface area contributed by atoms with Crippen molar-refractivity contribution < 1.29 is 4.79 Å². The molecule has 1 heterocycles. The van der Waals surface area contributed by atoms with Crippen LogP contribution in [0.3, 0.4) is 0 Å². The van der Waals surface area contributed by atoms with E-state index in [9.17, 15) is 4.79 Å². The number of nitrogens with zero attached hydrogens (tertiary/aromatic N) is 1. The zero-order valence-corrected chi connectivity index (χ0v) is 13.5. The van der Waals surface area contributed by atoms with Gasteiger partial charge in [-0.2, -0.15) is 0 Å². The number of hydrogen-bond acceptors (Lipinski definition) is 3. The number of nitrogens with one attached hydrogen (secondary N) is 1. The average molecular weight is 320 g/mol. The van der Waals surface area contributed by atoms with Crippen LogP contribution >= 0.6 is 11.3 Å². The van der Waals surface area contributed by atoms with Gasteiger partial charge in [0.2, 0.25) is 5.91 Å². The molecule has 0 unspecified atom stereocenters. The number of amides is 1. The summed E-state index contributed by atoms with van der Waals surface area (Å²) in [5, 5.41) is 5.34. The molecule has 1 amide bonds. The van der Waals surface area contributed by atoms with E-state index >= 15 is 0 Å². The lowest BCUT2D eigenvalue weighted by Gasteiger charge is -1.98. The second kappa shape index (κ2) is 7.03. The summed E-state index contributed by atoms with van der Waals surface area (Å²) >= 11 is 1.42. The van der Waals surface area contributed by atoms with E-state index < -0.39 is 0 Å². The third-order valence-corrected chi connectivity index (χ3v) is 4.07. The lowest BCUT2D eigenvalue weighted by atomic mass is 10.1. The molecular weight excluding hydrogens is 304 g/mol. The lowest BCUT2D eigenvalue weighted by Crippen LogP contribution is -2.07. The molecule has 0 saturated heterocycles. The van der Waals surface area contributed by atoms with Gasteiger partial charge in [0.25, 0.3) is 0 Å². The fourth-order valence-electron chi connectivity index (χ4n) is 2.07. The van der Waals surface area contributed by atoms with E-state index in [2.05, 4.69) is 29.4 Å². The number of anilines is 1. The van der Waals surface area contributed by atoms with Crippen molar-refractivity contribution >= 4 is 28.5 Å². The topological polar surface area (TPSA) is 42.0 Å². The molecule has 3 rings (SSSR count). The van der Waals surface area contributed by atoms with Gasteiger partial charge in [-0.3, -0.25) is 10.1 Å². The molecule has 0 aliphatic rings. The molecule has 3 nitrogen and oxygen atoms in total. The highest BCUT2D eigenvalue weighted by Gasteiger charge is 2.06. The van der Waals surface area contributed by atoms with Crippen molar-refractivity contribution in [3.05, 3.63) is 77.2 Å². The summed E-state index contributed by atoms with van der Waals surface area (Å²) in [6.45, 7) is 2.05. The normalized spacial score (nSPS) is 10.8. The van der Waals surface area contributed by atoms with Gasteiger partial charge in [0, 0.05) is 17.0 Å². The molecule has 0 atom stereocenters. The first-order chi connectivity index (χ1) is 11.2. The number of thiazole rings is 1. The van der Waals surface area contributed by atoms with Gasteiger partial charge in [-0.1, -0.05) is 60.2 Å². The third-order valence-electron chi connectivity index (χ3n) is 3.31. The quantitative estimate of drug-likeness (QED) is 0.704. The number of aromatic nitrogens is 1. The summed E-state index contributed by atoms with van der Waals surface area (Å²) < 4.78 is 0. The molecule has 0 radical (unpaired) electrons. The Morgan fingerprint density at radius 1 is 1.09 bits per heavy atom. The first kappa shape index (κ1) is 15.2. The zero-order valence-electron chi connectivity index (χ0n) is 12.7. The molecule has 0 bridgehead atoms. The molecule has 114 valence electrons. The summed E-state index contributed by atoms with van der Waals surface area (Å²) in [5.74, 6) is -0.182. The van der Waals surface area contributed by atoms with Crippen molar-refractivity contribution in [1.82, 2.24) is 4.98 Å². The molecule has 3 aromatic rings. The van der Waals surface area contributed by atoms with Gasteiger partial charge in [-0.15, -0.1) is 11.3 Å². The van der Waals surface area contributed by atoms with Crippen LogP contribution < -0.4 is 5.32 Å². The number of carbonyl (C=O) groups is 1. The van der Waals surface area contributed by atoms with Crippen LogP contribution in [0.25, 0.3) is 17.3 Å². The number of rotatable bonds is 4. The van der Waals surface area contributed by atoms with Crippen molar-refractivity contribution in [2.45, 2.75) is 6.92 Å². The van der Waals surface area contributed by atoms with E-state index in [-0.39, 0.29) is 5.91 Å². The van der Waals surface area contributed by atoms with Crippen molar-refractivity contribution in [3.63, 3.8) is 0 Å². The molecule has 2 aromatic carbocycles. The predicted molar refractivity (Wildman–Crippen MR) is 96.4 cm³/mol. The van der Waals surface area contributed by atoms with Crippen molar-refractivity contribution in [1.29, 1.82) is 0 Å². The third kappa shape index (κ3) is 4.14. The van der Waals surface area contributed by atoms with E-state index in [1.165, 1.54) is 23.0 Å². The molecular formula is C19H16N2OS. The minimum absolute atomic E-state index is 0.182. The second-order valence-electron chi connectivity index (χ2n) is 5.14. The van der Waals surface area contributed by atoms with Crippen molar-refractivity contribution in [2.75, 3.05) is 5.32 Å². The van der Waals surface area contributed by atoms with Crippen molar-refractivity contribution in [3.8, 4) is 11.3 Å². The van der Waals surface area contributed by atoms with E-state index in [4.69, 9.17) is 0 Å². The maximum Gasteiger partial charge on any atom is 0.250 e.